The van der Waals surface area contributed by atoms with Gasteiger partial charge in [-0.25, -0.2) is 4.39 Å². The molecule has 1 aliphatic rings. The van der Waals surface area contributed by atoms with Gasteiger partial charge in [-0.3, -0.25) is 9.59 Å². The van der Waals surface area contributed by atoms with Gasteiger partial charge in [0.15, 0.2) is 0 Å². The topological polar surface area (TPSA) is 70.2 Å². The third-order valence-electron chi connectivity index (χ3n) is 3.14. The van der Waals surface area contributed by atoms with Crippen LogP contribution in [0.25, 0.3) is 0 Å². The van der Waals surface area contributed by atoms with Crippen LogP contribution in [-0.2, 0) is 9.59 Å². The smallest absolute Gasteiger partial charge is 0.246 e. The number of halogens is 1. The number of hydrogen-bond acceptors (Lipinski definition) is 3. The molecule has 1 aromatic rings. The van der Waals surface area contributed by atoms with Crippen molar-refractivity contribution >= 4 is 17.5 Å². The number of nitrogens with one attached hydrogen (secondary N) is 3. The highest BCUT2D eigenvalue weighted by atomic mass is 19.1. The molecule has 0 spiro atoms. The minimum absolute atomic E-state index is 0.0332. The molecule has 3 N–H and O–H groups in total. The molecule has 2 rings (SSSR count). The first-order valence-electron chi connectivity index (χ1n) is 6.60. The van der Waals surface area contributed by atoms with Crippen LogP contribution in [0.5, 0.6) is 0 Å². The lowest BCUT2D eigenvalue weighted by Gasteiger charge is -2.12. The molecule has 0 aromatic heterocycles. The van der Waals surface area contributed by atoms with E-state index in [-0.39, 0.29) is 23.5 Å². The predicted molar refractivity (Wildman–Crippen MR) is 73.6 cm³/mol. The minimum Gasteiger partial charge on any atom is -0.355 e. The van der Waals surface area contributed by atoms with Gasteiger partial charge in [0.1, 0.15) is 11.9 Å². The molecule has 1 aliphatic heterocycles. The molecule has 0 fully saturated rings. The normalized spacial score (nSPS) is 17.0. The second-order valence-corrected chi connectivity index (χ2v) is 5.05. The summed E-state index contributed by atoms with van der Waals surface area (Å²) >= 11 is 0. The third-order valence-corrected chi connectivity index (χ3v) is 3.14. The van der Waals surface area contributed by atoms with Gasteiger partial charge in [-0.1, -0.05) is 13.8 Å². The summed E-state index contributed by atoms with van der Waals surface area (Å²) in [5, 5.41) is 8.45. The molecule has 20 heavy (non-hydrogen) atoms. The van der Waals surface area contributed by atoms with Crippen molar-refractivity contribution in [3.8, 4) is 0 Å². The van der Waals surface area contributed by atoms with Crippen LogP contribution < -0.4 is 16.0 Å². The molecule has 2 amide bonds. The molecule has 1 unspecified atom stereocenters. The summed E-state index contributed by atoms with van der Waals surface area (Å²) in [6.07, 6.45) is 0. The molecule has 0 saturated heterocycles. The highest BCUT2D eigenvalue weighted by Gasteiger charge is 2.30. The van der Waals surface area contributed by atoms with Crippen LogP contribution in [0.2, 0.25) is 0 Å². The fourth-order valence-corrected chi connectivity index (χ4v) is 2.04. The molecule has 5 nitrogen and oxygen atoms in total. The fraction of sp³-hybridized carbons (Fsp3) is 0.429. The standard InChI is InChI=1S/C14H18FN3O2/c1-8(2)13(19)17-6-5-16-12-10-7-9(15)3-4-11(10)18-14(12)20/h3-4,7-8,12,16H,5-6H2,1-2H3,(H,17,19)(H,18,20). The van der Waals surface area contributed by atoms with Gasteiger partial charge in [0, 0.05) is 30.3 Å². The fourth-order valence-electron chi connectivity index (χ4n) is 2.04. The highest BCUT2D eigenvalue weighted by molar-refractivity contribution is 6.02. The van der Waals surface area contributed by atoms with E-state index < -0.39 is 6.04 Å². The average Bonchev–Trinajstić information content (AvgIpc) is 2.70. The Morgan fingerprint density at radius 3 is 2.85 bits per heavy atom. The Morgan fingerprint density at radius 1 is 1.40 bits per heavy atom. The van der Waals surface area contributed by atoms with E-state index in [1.165, 1.54) is 12.1 Å². The minimum atomic E-state index is -0.573. The number of fused-ring (bicyclic) bond motifs is 1. The summed E-state index contributed by atoms with van der Waals surface area (Å²) in [5.41, 5.74) is 1.23. The number of benzene rings is 1. The van der Waals surface area contributed by atoms with E-state index in [0.717, 1.165) is 0 Å². The Hall–Kier alpha value is -1.95. The number of carbonyl (C=O) groups is 2. The predicted octanol–water partition coefficient (Wildman–Crippen LogP) is 1.18. The molecule has 1 heterocycles. The van der Waals surface area contributed by atoms with Crippen molar-refractivity contribution < 1.29 is 14.0 Å². The van der Waals surface area contributed by atoms with Crippen LogP contribution in [0.3, 0.4) is 0 Å². The summed E-state index contributed by atoms with van der Waals surface area (Å²) < 4.78 is 13.2. The second-order valence-electron chi connectivity index (χ2n) is 5.05. The average molecular weight is 279 g/mol. The molecule has 6 heteroatoms. The van der Waals surface area contributed by atoms with Gasteiger partial charge >= 0.3 is 0 Å². The van der Waals surface area contributed by atoms with Crippen molar-refractivity contribution in [3.63, 3.8) is 0 Å². The van der Waals surface area contributed by atoms with Crippen LogP contribution in [-0.4, -0.2) is 24.9 Å². The Morgan fingerprint density at radius 2 is 2.15 bits per heavy atom. The SMILES string of the molecule is CC(C)C(=O)NCCNC1C(=O)Nc2ccc(F)cc21. The molecular weight excluding hydrogens is 261 g/mol. The van der Waals surface area contributed by atoms with Crippen molar-refractivity contribution in [3.05, 3.63) is 29.6 Å². The van der Waals surface area contributed by atoms with E-state index in [4.69, 9.17) is 0 Å². The van der Waals surface area contributed by atoms with Crippen molar-refractivity contribution in [2.45, 2.75) is 19.9 Å². The van der Waals surface area contributed by atoms with Gasteiger partial charge in [-0.15, -0.1) is 0 Å². The maximum atomic E-state index is 13.2. The zero-order valence-corrected chi connectivity index (χ0v) is 11.5. The molecule has 1 atom stereocenters. The van der Waals surface area contributed by atoms with Crippen LogP contribution in [0.15, 0.2) is 18.2 Å². The highest BCUT2D eigenvalue weighted by Crippen LogP contribution is 2.30. The summed E-state index contributed by atoms with van der Waals surface area (Å²) in [4.78, 5) is 23.2. The largest absolute Gasteiger partial charge is 0.355 e. The van der Waals surface area contributed by atoms with Gasteiger partial charge in [-0.2, -0.15) is 0 Å². The zero-order valence-electron chi connectivity index (χ0n) is 11.5. The molecule has 1 aromatic carbocycles. The van der Waals surface area contributed by atoms with Crippen molar-refractivity contribution in [2.24, 2.45) is 5.92 Å². The van der Waals surface area contributed by atoms with E-state index in [2.05, 4.69) is 16.0 Å². The Labute approximate surface area is 116 Å². The molecular formula is C14H18FN3O2. The van der Waals surface area contributed by atoms with Gasteiger partial charge in [0.2, 0.25) is 11.8 Å². The van der Waals surface area contributed by atoms with Gasteiger partial charge < -0.3 is 16.0 Å². The lowest BCUT2D eigenvalue weighted by molar-refractivity contribution is -0.123. The maximum absolute atomic E-state index is 13.2. The van der Waals surface area contributed by atoms with Crippen molar-refractivity contribution in [1.29, 1.82) is 0 Å². The molecule has 0 aliphatic carbocycles. The molecule has 0 radical (unpaired) electrons. The van der Waals surface area contributed by atoms with Gasteiger partial charge in [0.25, 0.3) is 0 Å². The lowest BCUT2D eigenvalue weighted by Crippen LogP contribution is -2.37. The summed E-state index contributed by atoms with van der Waals surface area (Å²) in [5.74, 6) is -0.685. The van der Waals surface area contributed by atoms with E-state index in [9.17, 15) is 14.0 Å². The lowest BCUT2D eigenvalue weighted by atomic mass is 10.1. The van der Waals surface area contributed by atoms with E-state index in [1.54, 1.807) is 6.07 Å². The zero-order chi connectivity index (χ0) is 14.7. The third kappa shape index (κ3) is 3.14. The van der Waals surface area contributed by atoms with Crippen LogP contribution in [0, 0.1) is 11.7 Å². The first-order valence-corrected chi connectivity index (χ1v) is 6.60. The molecule has 0 bridgehead atoms. The van der Waals surface area contributed by atoms with E-state index >= 15 is 0 Å². The molecule has 108 valence electrons. The Bertz CT molecular complexity index is 531. The molecule has 0 saturated carbocycles. The summed E-state index contributed by atoms with van der Waals surface area (Å²) in [7, 11) is 0. The van der Waals surface area contributed by atoms with Gasteiger partial charge in [0.05, 0.1) is 0 Å². The monoisotopic (exact) mass is 279 g/mol. The maximum Gasteiger partial charge on any atom is 0.246 e. The second kappa shape index (κ2) is 6.00. The van der Waals surface area contributed by atoms with Crippen LogP contribution in [0.1, 0.15) is 25.5 Å². The number of anilines is 1. The first-order chi connectivity index (χ1) is 9.49. The van der Waals surface area contributed by atoms with Crippen LogP contribution in [0.4, 0.5) is 10.1 Å². The summed E-state index contributed by atoms with van der Waals surface area (Å²) in [6.45, 7) is 4.48. The van der Waals surface area contributed by atoms with Crippen molar-refractivity contribution in [1.82, 2.24) is 10.6 Å². The number of amides is 2. The quantitative estimate of drug-likeness (QED) is 0.709. The van der Waals surface area contributed by atoms with Crippen LogP contribution >= 0.6 is 0 Å². The van der Waals surface area contributed by atoms with Gasteiger partial charge in [-0.05, 0) is 18.2 Å². The van der Waals surface area contributed by atoms with Crippen molar-refractivity contribution in [2.75, 3.05) is 18.4 Å². The van der Waals surface area contributed by atoms with E-state index in [1.807, 2.05) is 13.8 Å². The summed E-state index contributed by atoms with van der Waals surface area (Å²) in [6, 6.07) is 3.63. The Balaban J connectivity index is 1.90. The Kier molecular flexibility index (Phi) is 4.34. The number of hydrogen-bond donors (Lipinski definition) is 3. The number of rotatable bonds is 5. The van der Waals surface area contributed by atoms with E-state index in [0.29, 0.717) is 24.3 Å². The first kappa shape index (κ1) is 14.5. The number of carbonyl (C=O) groups excluding carboxylic acids is 2.